The fourth-order valence-electron chi connectivity index (χ4n) is 2.30. The normalized spacial score (nSPS) is 23.6. The Morgan fingerprint density at radius 3 is 2.90 bits per heavy atom. The first-order valence-electron chi connectivity index (χ1n) is 6.43. The largest absolute Gasteiger partial charge is 0.480 e. The number of carboxylic acids is 1. The standard InChI is InChI=1S/C12H18N4O4/c1-8(6-15-4-2-3-13-15)14-12(20)16-7-9(17)5-10(16)11(18)19/h2-4,8-10,17H,5-7H2,1H3,(H,14,20)(H,18,19)/t8?,9?,10-/m0/s1. The number of amides is 2. The molecule has 8 nitrogen and oxygen atoms in total. The van der Waals surface area contributed by atoms with E-state index in [9.17, 15) is 14.7 Å². The monoisotopic (exact) mass is 282 g/mol. The van der Waals surface area contributed by atoms with Gasteiger partial charge in [0.25, 0.3) is 0 Å². The van der Waals surface area contributed by atoms with Gasteiger partial charge in [0.15, 0.2) is 0 Å². The molecule has 1 aliphatic rings. The van der Waals surface area contributed by atoms with Crippen molar-refractivity contribution in [2.24, 2.45) is 0 Å². The predicted molar refractivity (Wildman–Crippen MR) is 69.0 cm³/mol. The van der Waals surface area contributed by atoms with E-state index in [0.717, 1.165) is 4.90 Å². The van der Waals surface area contributed by atoms with Crippen LogP contribution in [-0.4, -0.2) is 61.6 Å². The lowest BCUT2D eigenvalue weighted by Gasteiger charge is -2.24. The van der Waals surface area contributed by atoms with E-state index in [0.29, 0.717) is 6.54 Å². The zero-order chi connectivity index (χ0) is 14.7. The van der Waals surface area contributed by atoms with E-state index in [1.54, 1.807) is 23.1 Å². The number of β-amino-alcohol motifs (C(OH)–C–C–N with tert-alkyl or cyclic N) is 1. The molecule has 1 aliphatic heterocycles. The number of hydrogen-bond acceptors (Lipinski definition) is 4. The molecule has 0 spiro atoms. The summed E-state index contributed by atoms with van der Waals surface area (Å²) in [5, 5.41) is 25.3. The third-order valence-electron chi connectivity index (χ3n) is 3.21. The molecule has 1 aromatic rings. The van der Waals surface area contributed by atoms with Gasteiger partial charge in [0.2, 0.25) is 0 Å². The Hall–Kier alpha value is -2.09. The van der Waals surface area contributed by atoms with Crippen LogP contribution in [0, 0.1) is 0 Å². The first kappa shape index (κ1) is 14.3. The van der Waals surface area contributed by atoms with Gasteiger partial charge in [-0.15, -0.1) is 0 Å². The molecule has 0 bridgehead atoms. The van der Waals surface area contributed by atoms with Crippen molar-refractivity contribution in [1.29, 1.82) is 0 Å². The summed E-state index contributed by atoms with van der Waals surface area (Å²) in [6.45, 7) is 2.34. The second-order valence-electron chi connectivity index (χ2n) is 4.97. The van der Waals surface area contributed by atoms with E-state index in [4.69, 9.17) is 5.11 Å². The number of carboxylic acid groups (broad SMARTS) is 1. The minimum absolute atomic E-state index is 0.0390. The Labute approximate surface area is 116 Å². The fourth-order valence-corrected chi connectivity index (χ4v) is 2.30. The number of aromatic nitrogens is 2. The van der Waals surface area contributed by atoms with Gasteiger partial charge in [-0.25, -0.2) is 9.59 Å². The molecule has 3 N–H and O–H groups in total. The van der Waals surface area contributed by atoms with Crippen molar-refractivity contribution >= 4 is 12.0 Å². The maximum absolute atomic E-state index is 12.1. The smallest absolute Gasteiger partial charge is 0.326 e. The first-order chi connectivity index (χ1) is 9.47. The second kappa shape index (κ2) is 5.91. The summed E-state index contributed by atoms with van der Waals surface area (Å²) in [6, 6.07) is 0.136. The van der Waals surface area contributed by atoms with Gasteiger partial charge in [-0.2, -0.15) is 5.10 Å². The average Bonchev–Trinajstić information content (AvgIpc) is 2.97. The number of urea groups is 1. The van der Waals surface area contributed by atoms with Crippen LogP contribution in [0.4, 0.5) is 4.79 Å². The second-order valence-corrected chi connectivity index (χ2v) is 4.97. The molecule has 110 valence electrons. The Morgan fingerprint density at radius 2 is 2.30 bits per heavy atom. The van der Waals surface area contributed by atoms with Gasteiger partial charge < -0.3 is 20.4 Å². The SMILES string of the molecule is CC(Cn1cccn1)NC(=O)N1CC(O)C[C@H]1C(=O)O. The predicted octanol–water partition coefficient (Wildman–Crippen LogP) is -0.499. The van der Waals surface area contributed by atoms with Crippen molar-refractivity contribution in [2.75, 3.05) is 6.54 Å². The number of rotatable bonds is 4. The van der Waals surface area contributed by atoms with Crippen LogP contribution in [0.15, 0.2) is 18.5 Å². The lowest BCUT2D eigenvalue weighted by molar-refractivity contribution is -0.141. The van der Waals surface area contributed by atoms with E-state index in [1.165, 1.54) is 0 Å². The summed E-state index contributed by atoms with van der Waals surface area (Å²) in [4.78, 5) is 24.3. The summed E-state index contributed by atoms with van der Waals surface area (Å²) >= 11 is 0. The summed E-state index contributed by atoms with van der Waals surface area (Å²) in [6.07, 6.45) is 2.70. The highest BCUT2D eigenvalue weighted by Crippen LogP contribution is 2.18. The molecule has 2 unspecified atom stereocenters. The molecule has 2 rings (SSSR count). The molecule has 2 amide bonds. The maximum atomic E-state index is 12.1. The van der Waals surface area contributed by atoms with Crippen molar-refractivity contribution in [2.45, 2.75) is 38.1 Å². The third-order valence-corrected chi connectivity index (χ3v) is 3.21. The zero-order valence-corrected chi connectivity index (χ0v) is 11.1. The van der Waals surface area contributed by atoms with Crippen molar-refractivity contribution in [3.63, 3.8) is 0 Å². The Balaban J connectivity index is 1.92. The van der Waals surface area contributed by atoms with Gasteiger partial charge in [-0.05, 0) is 13.0 Å². The Kier molecular flexibility index (Phi) is 4.23. The van der Waals surface area contributed by atoms with Crippen molar-refractivity contribution in [3.8, 4) is 0 Å². The minimum atomic E-state index is -1.10. The van der Waals surface area contributed by atoms with Gasteiger partial charge in [-0.1, -0.05) is 0 Å². The number of carbonyl (C=O) groups excluding carboxylic acids is 1. The van der Waals surface area contributed by atoms with Crippen LogP contribution in [-0.2, 0) is 11.3 Å². The number of likely N-dealkylation sites (tertiary alicyclic amines) is 1. The molecule has 2 heterocycles. The highest BCUT2D eigenvalue weighted by atomic mass is 16.4. The Morgan fingerprint density at radius 1 is 1.55 bits per heavy atom. The molecule has 0 saturated carbocycles. The van der Waals surface area contributed by atoms with Crippen LogP contribution in [0.1, 0.15) is 13.3 Å². The van der Waals surface area contributed by atoms with Crippen LogP contribution in [0.25, 0.3) is 0 Å². The van der Waals surface area contributed by atoms with Crippen LogP contribution < -0.4 is 5.32 Å². The summed E-state index contributed by atoms with van der Waals surface area (Å²) in [5.74, 6) is -1.10. The molecular weight excluding hydrogens is 264 g/mol. The molecule has 0 aromatic carbocycles. The van der Waals surface area contributed by atoms with Gasteiger partial charge in [0.05, 0.1) is 12.6 Å². The number of nitrogens with zero attached hydrogens (tertiary/aromatic N) is 3. The van der Waals surface area contributed by atoms with E-state index >= 15 is 0 Å². The molecule has 20 heavy (non-hydrogen) atoms. The summed E-state index contributed by atoms with van der Waals surface area (Å²) < 4.78 is 1.68. The van der Waals surface area contributed by atoms with Gasteiger partial charge >= 0.3 is 12.0 Å². The summed E-state index contributed by atoms with van der Waals surface area (Å²) in [7, 11) is 0. The van der Waals surface area contributed by atoms with Crippen LogP contribution in [0.5, 0.6) is 0 Å². The summed E-state index contributed by atoms with van der Waals surface area (Å²) in [5.41, 5.74) is 0. The van der Waals surface area contributed by atoms with Crippen LogP contribution in [0.2, 0.25) is 0 Å². The van der Waals surface area contributed by atoms with Crippen molar-refractivity contribution < 1.29 is 19.8 Å². The molecule has 8 heteroatoms. The topological polar surface area (TPSA) is 108 Å². The maximum Gasteiger partial charge on any atom is 0.326 e. The number of carbonyl (C=O) groups is 2. The number of aliphatic carboxylic acids is 1. The lowest BCUT2D eigenvalue weighted by atomic mass is 10.2. The number of hydrogen-bond donors (Lipinski definition) is 3. The molecule has 1 fully saturated rings. The molecular formula is C12H18N4O4. The van der Waals surface area contributed by atoms with E-state index < -0.39 is 24.1 Å². The zero-order valence-electron chi connectivity index (χ0n) is 11.1. The van der Waals surface area contributed by atoms with Gasteiger partial charge in [-0.3, -0.25) is 4.68 Å². The number of nitrogens with one attached hydrogen (secondary N) is 1. The van der Waals surface area contributed by atoms with E-state index in [2.05, 4.69) is 10.4 Å². The highest BCUT2D eigenvalue weighted by molar-refractivity contribution is 5.83. The molecule has 3 atom stereocenters. The average molecular weight is 282 g/mol. The first-order valence-corrected chi connectivity index (χ1v) is 6.43. The van der Waals surface area contributed by atoms with Gasteiger partial charge in [0.1, 0.15) is 6.04 Å². The molecule has 0 aliphatic carbocycles. The van der Waals surface area contributed by atoms with E-state index in [1.807, 2.05) is 6.92 Å². The number of aliphatic hydroxyl groups excluding tert-OH is 1. The molecule has 0 radical (unpaired) electrons. The Bertz CT molecular complexity index is 476. The molecule has 1 aromatic heterocycles. The quantitative estimate of drug-likeness (QED) is 0.690. The van der Waals surface area contributed by atoms with Crippen molar-refractivity contribution in [1.82, 2.24) is 20.0 Å². The van der Waals surface area contributed by atoms with Crippen molar-refractivity contribution in [3.05, 3.63) is 18.5 Å². The van der Waals surface area contributed by atoms with Crippen LogP contribution in [0.3, 0.4) is 0 Å². The molecule has 1 saturated heterocycles. The third kappa shape index (κ3) is 3.27. The highest BCUT2D eigenvalue weighted by Gasteiger charge is 2.39. The minimum Gasteiger partial charge on any atom is -0.480 e. The van der Waals surface area contributed by atoms with Crippen LogP contribution >= 0.6 is 0 Å². The van der Waals surface area contributed by atoms with Gasteiger partial charge in [0, 0.05) is 31.4 Å². The fraction of sp³-hybridized carbons (Fsp3) is 0.583. The lowest BCUT2D eigenvalue weighted by Crippen LogP contribution is -2.49. The number of aliphatic hydroxyl groups is 1. The van der Waals surface area contributed by atoms with E-state index in [-0.39, 0.29) is 19.0 Å².